The van der Waals surface area contributed by atoms with E-state index in [1.165, 1.54) is 0 Å². The van der Waals surface area contributed by atoms with E-state index in [9.17, 15) is 4.79 Å². The smallest absolute Gasteiger partial charge is 0.245 e. The minimum Gasteiger partial charge on any atom is -0.411 e. The van der Waals surface area contributed by atoms with Crippen LogP contribution >= 0.6 is 24.8 Å². The highest BCUT2D eigenvalue weighted by Gasteiger charge is 2.28. The van der Waals surface area contributed by atoms with E-state index < -0.39 is 6.04 Å². The first-order chi connectivity index (χ1) is 8.74. The van der Waals surface area contributed by atoms with Gasteiger partial charge in [0.25, 0.3) is 0 Å². The Bertz CT molecular complexity index is 450. The van der Waals surface area contributed by atoms with E-state index in [0.717, 1.165) is 25.9 Å². The number of amides is 1. The highest BCUT2D eigenvalue weighted by Crippen LogP contribution is 2.11. The van der Waals surface area contributed by atoms with Crippen molar-refractivity contribution in [3.8, 4) is 0 Å². The Morgan fingerprint density at radius 3 is 2.35 bits per heavy atom. The van der Waals surface area contributed by atoms with Crippen LogP contribution in [-0.2, 0) is 4.79 Å². The van der Waals surface area contributed by atoms with Crippen molar-refractivity contribution in [3.05, 3.63) is 30.1 Å². The molecule has 1 unspecified atom stereocenters. The van der Waals surface area contributed by atoms with Crippen molar-refractivity contribution in [1.82, 2.24) is 9.88 Å². The minimum atomic E-state index is -0.935. The van der Waals surface area contributed by atoms with Crippen LogP contribution in [0.5, 0.6) is 0 Å². The largest absolute Gasteiger partial charge is 0.411 e. The van der Waals surface area contributed by atoms with Gasteiger partial charge in [0.05, 0.1) is 0 Å². The summed E-state index contributed by atoms with van der Waals surface area (Å²) in [4.78, 5) is 17.7. The summed E-state index contributed by atoms with van der Waals surface area (Å²) >= 11 is 0. The van der Waals surface area contributed by atoms with Gasteiger partial charge in [-0.25, -0.2) is 0 Å². The third-order valence-corrected chi connectivity index (χ3v) is 3.06. The number of hydrogen-bond acceptors (Lipinski definition) is 5. The number of carbonyl (C=O) groups is 1. The number of aromatic nitrogens is 1. The van der Waals surface area contributed by atoms with Crippen LogP contribution in [0.4, 0.5) is 0 Å². The standard InChI is InChI=1S/C12H16N4O2.2ClH/c13-10(12(17)16-7-1-2-8-16)11(15-18)9-3-5-14-6-4-9;;/h3-6,10,18H,1-2,7-8,13H2;2*1H/b15-11-;;. The van der Waals surface area contributed by atoms with Crippen molar-refractivity contribution in [2.24, 2.45) is 10.9 Å². The van der Waals surface area contributed by atoms with Crippen molar-refractivity contribution in [1.29, 1.82) is 0 Å². The Morgan fingerprint density at radius 1 is 1.30 bits per heavy atom. The van der Waals surface area contributed by atoms with Gasteiger partial charge in [-0.3, -0.25) is 9.78 Å². The first-order valence-electron chi connectivity index (χ1n) is 5.90. The SMILES string of the molecule is Cl.Cl.NC(C(=O)N1CCCC1)/C(=N\O)c1ccncc1. The highest BCUT2D eigenvalue weighted by atomic mass is 35.5. The normalized spacial score (nSPS) is 16.1. The van der Waals surface area contributed by atoms with E-state index in [0.29, 0.717) is 5.56 Å². The molecular formula is C12H18Cl2N4O2. The molecule has 1 fully saturated rings. The van der Waals surface area contributed by atoms with E-state index in [1.54, 1.807) is 29.4 Å². The molecule has 2 heterocycles. The molecule has 112 valence electrons. The Labute approximate surface area is 129 Å². The van der Waals surface area contributed by atoms with Crippen molar-refractivity contribution in [2.45, 2.75) is 18.9 Å². The summed E-state index contributed by atoms with van der Waals surface area (Å²) in [7, 11) is 0. The van der Waals surface area contributed by atoms with Gasteiger partial charge < -0.3 is 15.8 Å². The maximum Gasteiger partial charge on any atom is 0.245 e. The van der Waals surface area contributed by atoms with Gasteiger partial charge in [-0.05, 0) is 25.0 Å². The summed E-state index contributed by atoms with van der Waals surface area (Å²) < 4.78 is 0. The second kappa shape index (κ2) is 8.73. The third kappa shape index (κ3) is 4.06. The van der Waals surface area contributed by atoms with Gasteiger partial charge in [-0.2, -0.15) is 0 Å². The van der Waals surface area contributed by atoms with E-state index in [2.05, 4.69) is 10.1 Å². The van der Waals surface area contributed by atoms with Crippen LogP contribution < -0.4 is 5.73 Å². The van der Waals surface area contributed by atoms with Crippen LogP contribution in [0.1, 0.15) is 18.4 Å². The Hall–Kier alpha value is -1.37. The summed E-state index contributed by atoms with van der Waals surface area (Å²) in [6.07, 6.45) is 5.12. The van der Waals surface area contributed by atoms with Crippen LogP contribution in [0.25, 0.3) is 0 Å². The highest BCUT2D eigenvalue weighted by molar-refractivity contribution is 6.15. The van der Waals surface area contributed by atoms with Gasteiger partial charge in [0.15, 0.2) is 0 Å². The second-order valence-electron chi connectivity index (χ2n) is 4.23. The minimum absolute atomic E-state index is 0. The lowest BCUT2D eigenvalue weighted by Gasteiger charge is -2.20. The van der Waals surface area contributed by atoms with Gasteiger partial charge in [0.2, 0.25) is 5.91 Å². The van der Waals surface area contributed by atoms with Crippen LogP contribution in [-0.4, -0.2) is 45.8 Å². The molecule has 2 rings (SSSR count). The molecule has 1 aliphatic rings. The first-order valence-corrected chi connectivity index (χ1v) is 5.90. The molecule has 0 radical (unpaired) electrons. The van der Waals surface area contributed by atoms with Crippen LogP contribution in [0.15, 0.2) is 29.7 Å². The molecule has 20 heavy (non-hydrogen) atoms. The quantitative estimate of drug-likeness (QED) is 0.494. The number of nitrogens with zero attached hydrogens (tertiary/aromatic N) is 3. The molecule has 0 saturated carbocycles. The molecule has 1 atom stereocenters. The molecule has 0 aliphatic carbocycles. The second-order valence-corrected chi connectivity index (χ2v) is 4.23. The van der Waals surface area contributed by atoms with E-state index in [1.807, 2.05) is 0 Å². The average molecular weight is 321 g/mol. The zero-order valence-electron chi connectivity index (χ0n) is 10.8. The van der Waals surface area contributed by atoms with Gasteiger partial charge in [-0.15, -0.1) is 24.8 Å². The number of oxime groups is 1. The van der Waals surface area contributed by atoms with Gasteiger partial charge in [0, 0.05) is 31.0 Å². The number of rotatable bonds is 3. The zero-order valence-corrected chi connectivity index (χ0v) is 12.4. The number of carbonyl (C=O) groups excluding carboxylic acids is 1. The lowest BCUT2D eigenvalue weighted by atomic mass is 10.0. The molecule has 1 amide bonds. The molecule has 0 bridgehead atoms. The molecule has 8 heteroatoms. The molecule has 1 saturated heterocycles. The van der Waals surface area contributed by atoms with Crippen molar-refractivity contribution in [3.63, 3.8) is 0 Å². The van der Waals surface area contributed by atoms with Crippen LogP contribution in [0.2, 0.25) is 0 Å². The van der Waals surface area contributed by atoms with E-state index in [-0.39, 0.29) is 36.4 Å². The summed E-state index contributed by atoms with van der Waals surface area (Å²) in [5.41, 5.74) is 6.66. The van der Waals surface area contributed by atoms with E-state index >= 15 is 0 Å². The fourth-order valence-corrected chi connectivity index (χ4v) is 2.07. The molecular weight excluding hydrogens is 303 g/mol. The average Bonchev–Trinajstić information content (AvgIpc) is 2.94. The lowest BCUT2D eigenvalue weighted by Crippen LogP contribution is -2.47. The predicted octanol–water partition coefficient (Wildman–Crippen LogP) is 1.05. The first kappa shape index (κ1) is 18.6. The summed E-state index contributed by atoms with van der Waals surface area (Å²) in [5, 5.41) is 12.2. The summed E-state index contributed by atoms with van der Waals surface area (Å²) in [6, 6.07) is 2.38. The summed E-state index contributed by atoms with van der Waals surface area (Å²) in [6.45, 7) is 1.45. The number of nitrogens with two attached hydrogens (primary N) is 1. The fraction of sp³-hybridized carbons (Fsp3) is 0.417. The van der Waals surface area contributed by atoms with Gasteiger partial charge >= 0.3 is 0 Å². The van der Waals surface area contributed by atoms with Crippen LogP contribution in [0.3, 0.4) is 0 Å². The van der Waals surface area contributed by atoms with Crippen LogP contribution in [0, 0.1) is 0 Å². The molecule has 0 spiro atoms. The zero-order chi connectivity index (χ0) is 13.0. The Balaban J connectivity index is 0.00000180. The van der Waals surface area contributed by atoms with Crippen molar-refractivity contribution in [2.75, 3.05) is 13.1 Å². The van der Waals surface area contributed by atoms with Crippen molar-refractivity contribution < 1.29 is 10.0 Å². The number of pyridine rings is 1. The van der Waals surface area contributed by atoms with Gasteiger partial charge in [-0.1, -0.05) is 5.16 Å². The fourth-order valence-electron chi connectivity index (χ4n) is 2.07. The lowest BCUT2D eigenvalue weighted by molar-refractivity contribution is -0.129. The molecule has 6 nitrogen and oxygen atoms in total. The van der Waals surface area contributed by atoms with E-state index in [4.69, 9.17) is 10.9 Å². The molecule has 0 aromatic carbocycles. The maximum atomic E-state index is 12.1. The number of hydrogen-bond donors (Lipinski definition) is 2. The summed E-state index contributed by atoms with van der Waals surface area (Å²) in [5.74, 6) is -0.197. The topological polar surface area (TPSA) is 91.8 Å². The number of likely N-dealkylation sites (tertiary alicyclic amines) is 1. The van der Waals surface area contributed by atoms with Crippen molar-refractivity contribution >= 4 is 36.4 Å². The Kier molecular flexibility index (Phi) is 8.13. The molecule has 3 N–H and O–H groups in total. The third-order valence-electron chi connectivity index (χ3n) is 3.06. The maximum absolute atomic E-state index is 12.1. The number of halogens is 2. The predicted molar refractivity (Wildman–Crippen MR) is 80.8 cm³/mol. The molecule has 1 aromatic heterocycles. The molecule has 1 aliphatic heterocycles. The Morgan fingerprint density at radius 2 is 1.85 bits per heavy atom. The van der Waals surface area contributed by atoms with Gasteiger partial charge in [0.1, 0.15) is 11.8 Å². The molecule has 1 aromatic rings. The monoisotopic (exact) mass is 320 g/mol.